The van der Waals surface area contributed by atoms with Crippen LogP contribution in [0.3, 0.4) is 0 Å². The van der Waals surface area contributed by atoms with Gasteiger partial charge < -0.3 is 4.74 Å². The first-order chi connectivity index (χ1) is 9.81. The lowest BCUT2D eigenvalue weighted by Gasteiger charge is -2.25. The van der Waals surface area contributed by atoms with Gasteiger partial charge in [0.1, 0.15) is 0 Å². The van der Waals surface area contributed by atoms with Crippen LogP contribution in [0.5, 0.6) is 0 Å². The highest BCUT2D eigenvalue weighted by atomic mass is 32.2. The van der Waals surface area contributed by atoms with E-state index < -0.39 is 22.5 Å². The van der Waals surface area contributed by atoms with Crippen LogP contribution in [0.1, 0.15) is 20.3 Å². The number of hydrogen-bond donors (Lipinski definition) is 2. The molecule has 1 atom stereocenters. The summed E-state index contributed by atoms with van der Waals surface area (Å²) < 4.78 is 31.3. The summed E-state index contributed by atoms with van der Waals surface area (Å²) in [6.07, 6.45) is 5.06. The van der Waals surface area contributed by atoms with E-state index >= 15 is 0 Å². The van der Waals surface area contributed by atoms with E-state index in [-0.39, 0.29) is 23.5 Å². The van der Waals surface area contributed by atoms with Gasteiger partial charge in [-0.3, -0.25) is 10.0 Å². The van der Waals surface area contributed by atoms with Gasteiger partial charge in [0.25, 0.3) is 5.91 Å². The predicted octanol–water partition coefficient (Wildman–Crippen LogP) is 0.638. The van der Waals surface area contributed by atoms with Gasteiger partial charge in [0.05, 0.1) is 17.6 Å². The molecule has 0 saturated carbocycles. The molecule has 21 heavy (non-hydrogen) atoms. The first-order valence-electron chi connectivity index (χ1n) is 6.65. The minimum absolute atomic E-state index is 0.0474. The molecule has 1 aliphatic rings. The highest BCUT2D eigenvalue weighted by Crippen LogP contribution is 2.22. The highest BCUT2D eigenvalue weighted by Gasteiger charge is 2.29. The first-order valence-corrected chi connectivity index (χ1v) is 8.09. The molecule has 0 radical (unpaired) electrons. The van der Waals surface area contributed by atoms with E-state index in [0.29, 0.717) is 6.42 Å². The Kier molecular flexibility index (Phi) is 6.53. The number of nitrogens with zero attached hydrogens (tertiary/aromatic N) is 1. The van der Waals surface area contributed by atoms with Gasteiger partial charge in [-0.05, 0) is 18.4 Å². The van der Waals surface area contributed by atoms with Crippen molar-refractivity contribution in [2.24, 2.45) is 5.92 Å². The van der Waals surface area contributed by atoms with Gasteiger partial charge in [0.2, 0.25) is 10.0 Å². The second-order valence-electron chi connectivity index (χ2n) is 5.20. The molecule has 7 nitrogen and oxygen atoms in total. The summed E-state index contributed by atoms with van der Waals surface area (Å²) in [5, 5.41) is 8.59. The number of methoxy groups -OCH3 is 1. The Bertz CT molecular complexity index is 525. The third-order valence-electron chi connectivity index (χ3n) is 2.98. The summed E-state index contributed by atoms with van der Waals surface area (Å²) in [5.41, 5.74) is 1.46. The maximum Gasteiger partial charge on any atom is 0.258 e. The highest BCUT2D eigenvalue weighted by molar-refractivity contribution is 7.93. The largest absolute Gasteiger partial charge is 0.377 e. The monoisotopic (exact) mass is 318 g/mol. The van der Waals surface area contributed by atoms with E-state index in [4.69, 9.17) is 9.94 Å². The Morgan fingerprint density at radius 2 is 2.24 bits per heavy atom. The van der Waals surface area contributed by atoms with Gasteiger partial charge in [0.15, 0.2) is 0 Å². The summed E-state index contributed by atoms with van der Waals surface area (Å²) in [4.78, 5) is 11.4. The van der Waals surface area contributed by atoms with Crippen molar-refractivity contribution < 1.29 is 23.2 Å². The lowest BCUT2D eigenvalue weighted by Crippen LogP contribution is -2.42. The predicted molar refractivity (Wildman–Crippen MR) is 77.9 cm³/mol. The number of sulfonamides is 1. The van der Waals surface area contributed by atoms with Crippen LogP contribution in [0.25, 0.3) is 0 Å². The van der Waals surface area contributed by atoms with Crippen LogP contribution in [0.2, 0.25) is 0 Å². The van der Waals surface area contributed by atoms with Crippen molar-refractivity contribution in [3.63, 3.8) is 0 Å². The molecule has 1 aliphatic carbocycles. The molecule has 0 heterocycles. The van der Waals surface area contributed by atoms with Gasteiger partial charge in [-0.15, -0.1) is 0 Å². The molecule has 0 fully saturated rings. The zero-order chi connectivity index (χ0) is 16.0. The normalized spacial score (nSPS) is 19.0. The summed E-state index contributed by atoms with van der Waals surface area (Å²) in [5.74, 6) is -0.722. The van der Waals surface area contributed by atoms with Crippen molar-refractivity contribution in [2.45, 2.75) is 26.4 Å². The van der Waals surface area contributed by atoms with Crippen molar-refractivity contribution in [3.05, 3.63) is 23.1 Å². The molecule has 0 spiro atoms. The number of hydrogen-bond acceptors (Lipinski definition) is 5. The van der Waals surface area contributed by atoms with E-state index in [1.54, 1.807) is 19.3 Å². The number of allylic oxidation sites excluding steroid dienone is 1. The second-order valence-corrected chi connectivity index (χ2v) is 7.14. The minimum Gasteiger partial charge on any atom is -0.377 e. The Morgan fingerprint density at radius 1 is 1.57 bits per heavy atom. The van der Waals surface area contributed by atoms with Crippen molar-refractivity contribution in [1.29, 1.82) is 0 Å². The molecule has 0 aromatic carbocycles. The fourth-order valence-electron chi connectivity index (χ4n) is 1.95. The Hall–Kier alpha value is -1.22. The van der Waals surface area contributed by atoms with Crippen molar-refractivity contribution in [2.75, 3.05) is 20.2 Å². The van der Waals surface area contributed by atoms with E-state index in [1.807, 2.05) is 13.8 Å². The molecule has 2 N–H and O–H groups in total. The number of amides is 1. The van der Waals surface area contributed by atoms with Crippen LogP contribution < -0.4 is 5.48 Å². The Labute approximate surface area is 125 Å². The maximum absolute atomic E-state index is 12.6. The fourth-order valence-corrected chi connectivity index (χ4v) is 3.58. The Morgan fingerprint density at radius 3 is 2.67 bits per heavy atom. The quantitative estimate of drug-likeness (QED) is 0.530. The number of carbonyl (C=O) groups is 1. The standard InChI is InChI=1S/C13H22N2O5S/c1-10(2)8-15(9-13(16)14-17)21(18,19)12-6-4-11(20-3)5-7-12/h4,6-7,10-11,17H,5,8-9H2,1-3H3,(H,14,16)/t11-/m1/s1. The van der Waals surface area contributed by atoms with Crippen LogP contribution in [0.15, 0.2) is 23.1 Å². The van der Waals surface area contributed by atoms with Crippen LogP contribution in [-0.2, 0) is 19.6 Å². The molecule has 0 saturated heterocycles. The molecule has 0 aromatic heterocycles. The van der Waals surface area contributed by atoms with Crippen LogP contribution in [0.4, 0.5) is 0 Å². The number of ether oxygens (including phenoxy) is 1. The van der Waals surface area contributed by atoms with Crippen molar-refractivity contribution in [1.82, 2.24) is 9.79 Å². The lowest BCUT2D eigenvalue weighted by molar-refractivity contribution is -0.129. The minimum atomic E-state index is -3.78. The zero-order valence-corrected chi connectivity index (χ0v) is 13.3. The topological polar surface area (TPSA) is 95.9 Å². The average Bonchev–Trinajstić information content (AvgIpc) is 2.45. The van der Waals surface area contributed by atoms with Crippen LogP contribution >= 0.6 is 0 Å². The second kappa shape index (κ2) is 7.69. The number of nitrogens with one attached hydrogen (secondary N) is 1. The summed E-state index contributed by atoms with van der Waals surface area (Å²) in [7, 11) is -2.22. The molecular formula is C13H22N2O5S. The molecule has 0 unspecified atom stereocenters. The fraction of sp³-hybridized carbons (Fsp3) is 0.615. The average molecular weight is 318 g/mol. The van der Waals surface area contributed by atoms with E-state index in [0.717, 1.165) is 4.31 Å². The SMILES string of the molecule is CO[C@@H]1C=CC(S(=O)(=O)N(CC(=O)NO)CC(C)C)=CC1. The first kappa shape index (κ1) is 17.8. The lowest BCUT2D eigenvalue weighted by atomic mass is 10.1. The van der Waals surface area contributed by atoms with E-state index in [2.05, 4.69) is 0 Å². The van der Waals surface area contributed by atoms with Gasteiger partial charge in [-0.25, -0.2) is 13.9 Å². The number of hydroxylamine groups is 1. The van der Waals surface area contributed by atoms with Crippen LogP contribution in [0, 0.1) is 5.92 Å². The zero-order valence-electron chi connectivity index (χ0n) is 12.4. The third kappa shape index (κ3) is 4.92. The summed E-state index contributed by atoms with van der Waals surface area (Å²) in [6.45, 7) is 3.47. The molecule has 1 amide bonds. The third-order valence-corrected chi connectivity index (χ3v) is 4.84. The smallest absolute Gasteiger partial charge is 0.258 e. The van der Waals surface area contributed by atoms with Crippen molar-refractivity contribution in [3.8, 4) is 0 Å². The van der Waals surface area contributed by atoms with E-state index in [1.165, 1.54) is 11.6 Å². The summed E-state index contributed by atoms with van der Waals surface area (Å²) in [6, 6.07) is 0. The van der Waals surface area contributed by atoms with Crippen molar-refractivity contribution >= 4 is 15.9 Å². The van der Waals surface area contributed by atoms with E-state index in [9.17, 15) is 13.2 Å². The van der Waals surface area contributed by atoms with Gasteiger partial charge in [-0.2, -0.15) is 4.31 Å². The number of carbonyl (C=O) groups excluding carboxylic acids is 1. The molecule has 8 heteroatoms. The molecule has 0 aliphatic heterocycles. The molecule has 120 valence electrons. The molecule has 0 bridgehead atoms. The molecule has 1 rings (SSSR count). The van der Waals surface area contributed by atoms with Gasteiger partial charge >= 0.3 is 0 Å². The summed E-state index contributed by atoms with van der Waals surface area (Å²) >= 11 is 0. The number of rotatable bonds is 7. The van der Waals surface area contributed by atoms with Gasteiger partial charge in [-0.1, -0.05) is 26.0 Å². The molecular weight excluding hydrogens is 296 g/mol. The Balaban J connectivity index is 2.97. The van der Waals surface area contributed by atoms with Crippen LogP contribution in [-0.4, -0.2) is 50.1 Å². The maximum atomic E-state index is 12.6. The van der Waals surface area contributed by atoms with Gasteiger partial charge in [0, 0.05) is 13.7 Å². The molecule has 0 aromatic rings.